The van der Waals surface area contributed by atoms with Crippen molar-refractivity contribution in [1.82, 2.24) is 10.3 Å². The molecule has 34 heavy (non-hydrogen) atoms. The molecule has 174 valence electrons. The molecule has 4 aromatic rings. The molecular weight excluding hydrogens is 431 g/mol. The van der Waals surface area contributed by atoms with Gasteiger partial charge in [-0.3, -0.25) is 0 Å². The van der Waals surface area contributed by atoms with Crippen molar-refractivity contribution in [3.8, 4) is 0 Å². The van der Waals surface area contributed by atoms with Crippen LogP contribution < -0.4 is 21.2 Å². The molecule has 0 unspecified atom stereocenters. The maximum absolute atomic E-state index is 4.18. The van der Waals surface area contributed by atoms with E-state index in [9.17, 15) is 0 Å². The van der Waals surface area contributed by atoms with Crippen molar-refractivity contribution >= 4 is 28.9 Å². The van der Waals surface area contributed by atoms with E-state index in [1.165, 1.54) is 41.3 Å². The Kier molecular flexibility index (Phi) is 8.65. The van der Waals surface area contributed by atoms with E-state index in [1.54, 1.807) is 6.20 Å². The molecule has 0 aliphatic heterocycles. The molecular formula is C31H35N2P. The van der Waals surface area contributed by atoms with E-state index in [0.717, 1.165) is 24.2 Å². The third-order valence-electron chi connectivity index (χ3n) is 6.63. The Labute approximate surface area is 205 Å². The summed E-state index contributed by atoms with van der Waals surface area (Å²) in [5.74, 6) is 0. The molecule has 0 radical (unpaired) electrons. The number of nitrogens with zero attached hydrogens (tertiary/aromatic N) is 1. The van der Waals surface area contributed by atoms with Gasteiger partial charge in [0.15, 0.2) is 0 Å². The SMILES string of the molecule is C=C(NCCCCCC[PH](c1ccccc1)(c1ccccc1)c1ccccc1)c1cccnc1. The van der Waals surface area contributed by atoms with E-state index in [1.807, 2.05) is 18.3 Å². The average Bonchev–Trinajstić information content (AvgIpc) is 2.92. The number of nitrogens with one attached hydrogen (secondary N) is 1. The Morgan fingerprint density at radius 1 is 0.647 bits per heavy atom. The van der Waals surface area contributed by atoms with Gasteiger partial charge in [0, 0.05) is 0 Å². The van der Waals surface area contributed by atoms with Crippen LogP contribution in [-0.4, -0.2) is 17.7 Å². The van der Waals surface area contributed by atoms with Crippen molar-refractivity contribution in [3.05, 3.63) is 128 Å². The molecule has 0 atom stereocenters. The number of rotatable bonds is 12. The first-order valence-electron chi connectivity index (χ1n) is 12.3. The number of hydrogen-bond donors (Lipinski definition) is 1. The summed E-state index contributed by atoms with van der Waals surface area (Å²) in [6.45, 7) is 5.10. The summed E-state index contributed by atoms with van der Waals surface area (Å²) in [4.78, 5) is 4.18. The van der Waals surface area contributed by atoms with Crippen molar-refractivity contribution in [3.63, 3.8) is 0 Å². The van der Waals surface area contributed by atoms with Crippen molar-refractivity contribution in [2.24, 2.45) is 0 Å². The van der Waals surface area contributed by atoms with Gasteiger partial charge in [-0.15, -0.1) is 0 Å². The number of unbranched alkanes of at least 4 members (excludes halogenated alkanes) is 3. The van der Waals surface area contributed by atoms with E-state index in [0.29, 0.717) is 0 Å². The van der Waals surface area contributed by atoms with Crippen molar-refractivity contribution in [1.29, 1.82) is 0 Å². The molecule has 2 nitrogen and oxygen atoms in total. The Morgan fingerprint density at radius 2 is 1.18 bits per heavy atom. The molecule has 1 heterocycles. The van der Waals surface area contributed by atoms with E-state index in [2.05, 4.69) is 108 Å². The molecule has 0 saturated heterocycles. The van der Waals surface area contributed by atoms with Crippen LogP contribution in [0.15, 0.2) is 122 Å². The summed E-state index contributed by atoms with van der Waals surface area (Å²) in [6.07, 6.45) is 9.71. The van der Waals surface area contributed by atoms with Crippen molar-refractivity contribution < 1.29 is 0 Å². The predicted octanol–water partition coefficient (Wildman–Crippen LogP) is 5.93. The summed E-state index contributed by atoms with van der Waals surface area (Å²) in [6, 6.07) is 37.7. The van der Waals surface area contributed by atoms with Crippen LogP contribution in [-0.2, 0) is 0 Å². The van der Waals surface area contributed by atoms with Crippen LogP contribution in [0.5, 0.6) is 0 Å². The van der Waals surface area contributed by atoms with Crippen molar-refractivity contribution in [2.45, 2.75) is 25.7 Å². The zero-order chi connectivity index (χ0) is 23.5. The molecule has 0 saturated carbocycles. The zero-order valence-corrected chi connectivity index (χ0v) is 20.9. The third-order valence-corrected chi connectivity index (χ3v) is 11.7. The number of pyridine rings is 1. The van der Waals surface area contributed by atoms with Gasteiger partial charge >= 0.3 is 205 Å². The molecule has 1 aromatic heterocycles. The van der Waals surface area contributed by atoms with E-state index in [4.69, 9.17) is 0 Å². The molecule has 0 spiro atoms. The maximum atomic E-state index is 4.18. The molecule has 4 rings (SSSR count). The zero-order valence-electron chi connectivity index (χ0n) is 19.9. The van der Waals surface area contributed by atoms with Gasteiger partial charge in [-0.2, -0.15) is 0 Å². The van der Waals surface area contributed by atoms with E-state index < -0.39 is 7.26 Å². The van der Waals surface area contributed by atoms with Crippen LogP contribution in [0.25, 0.3) is 5.70 Å². The molecule has 3 heteroatoms. The Bertz CT molecular complexity index is 1030. The van der Waals surface area contributed by atoms with Crippen LogP contribution in [0.4, 0.5) is 0 Å². The fourth-order valence-electron chi connectivity index (χ4n) is 4.85. The molecule has 3 aromatic carbocycles. The quantitative estimate of drug-likeness (QED) is 0.207. The second kappa shape index (κ2) is 12.3. The first-order valence-corrected chi connectivity index (χ1v) is 14.5. The Balaban J connectivity index is 1.42. The number of benzene rings is 3. The summed E-state index contributed by atoms with van der Waals surface area (Å²) < 4.78 is 0. The van der Waals surface area contributed by atoms with Gasteiger partial charge in [0.25, 0.3) is 0 Å². The first kappa shape index (κ1) is 23.9. The Hall–Kier alpha value is -3.22. The predicted molar refractivity (Wildman–Crippen MR) is 151 cm³/mol. The second-order valence-corrected chi connectivity index (χ2v) is 12.9. The van der Waals surface area contributed by atoms with Crippen LogP contribution in [0.2, 0.25) is 0 Å². The molecule has 0 amide bonds. The molecule has 0 aliphatic rings. The number of aromatic nitrogens is 1. The van der Waals surface area contributed by atoms with Crippen LogP contribution in [0, 0.1) is 0 Å². The van der Waals surface area contributed by atoms with E-state index >= 15 is 0 Å². The second-order valence-electron chi connectivity index (χ2n) is 8.81. The fraction of sp³-hybridized carbons (Fsp3) is 0.194. The van der Waals surface area contributed by atoms with Gasteiger partial charge in [-0.1, -0.05) is 0 Å². The standard InChI is InChI=1S/C31H35N2P/c1-27(28-16-15-23-32-26-28)33-24-13-2-3-14-25-34(29-17-7-4-8-18-29,30-19-9-5-10-20-30)31-21-11-6-12-22-31/h4-12,15-23,26,33-34H,1-3,13-14,24-25H2. The number of hydrogen-bond acceptors (Lipinski definition) is 2. The van der Waals surface area contributed by atoms with Gasteiger partial charge in [-0.05, 0) is 0 Å². The minimum atomic E-state index is -2.09. The van der Waals surface area contributed by atoms with Crippen LogP contribution >= 0.6 is 7.26 Å². The van der Waals surface area contributed by atoms with Gasteiger partial charge < -0.3 is 0 Å². The average molecular weight is 467 g/mol. The first-order chi connectivity index (χ1) is 16.8. The molecule has 1 N–H and O–H groups in total. The van der Waals surface area contributed by atoms with Gasteiger partial charge in [0.05, 0.1) is 0 Å². The molecule has 0 bridgehead atoms. The van der Waals surface area contributed by atoms with E-state index in [-0.39, 0.29) is 0 Å². The summed E-state index contributed by atoms with van der Waals surface area (Å²) in [7, 11) is -2.09. The van der Waals surface area contributed by atoms with Gasteiger partial charge in [0.2, 0.25) is 0 Å². The topological polar surface area (TPSA) is 24.9 Å². The summed E-state index contributed by atoms with van der Waals surface area (Å²) in [5, 5.41) is 7.96. The van der Waals surface area contributed by atoms with Crippen LogP contribution in [0.3, 0.4) is 0 Å². The monoisotopic (exact) mass is 466 g/mol. The third kappa shape index (κ3) is 5.82. The summed E-state index contributed by atoms with van der Waals surface area (Å²) >= 11 is 0. The Morgan fingerprint density at radius 3 is 1.68 bits per heavy atom. The van der Waals surface area contributed by atoms with Gasteiger partial charge in [-0.25, -0.2) is 0 Å². The fourth-order valence-corrected chi connectivity index (χ4v) is 9.78. The van der Waals surface area contributed by atoms with Crippen LogP contribution in [0.1, 0.15) is 31.2 Å². The summed E-state index contributed by atoms with van der Waals surface area (Å²) in [5.41, 5.74) is 2.02. The van der Waals surface area contributed by atoms with Crippen molar-refractivity contribution in [2.75, 3.05) is 12.7 Å². The molecule has 0 aliphatic carbocycles. The molecule has 0 fully saturated rings. The normalized spacial score (nSPS) is 11.6. The minimum absolute atomic E-state index is 0.951. The van der Waals surface area contributed by atoms with Gasteiger partial charge in [0.1, 0.15) is 0 Å².